The lowest BCUT2D eigenvalue weighted by Gasteiger charge is -2.31. The number of aromatic nitrogens is 1. The quantitative estimate of drug-likeness (QED) is 0.554. The number of ether oxygens (including phenoxy) is 1. The lowest BCUT2D eigenvalue weighted by atomic mass is 9.88. The Morgan fingerprint density at radius 3 is 2.62 bits per heavy atom. The van der Waals surface area contributed by atoms with Crippen molar-refractivity contribution in [3.63, 3.8) is 0 Å². The summed E-state index contributed by atoms with van der Waals surface area (Å²) in [5.74, 6) is -0.868. The molecule has 1 aromatic heterocycles. The number of para-hydroxylation sites is 1. The van der Waals surface area contributed by atoms with E-state index >= 15 is 0 Å². The van der Waals surface area contributed by atoms with Crippen molar-refractivity contribution in [1.82, 2.24) is 10.3 Å². The second-order valence-electron chi connectivity index (χ2n) is 5.82. The summed E-state index contributed by atoms with van der Waals surface area (Å²) in [6, 6.07) is 17.5. The molecule has 4 rings (SSSR count). The average Bonchev–Trinajstić information content (AvgIpc) is 3.11. The summed E-state index contributed by atoms with van der Waals surface area (Å²) in [7, 11) is 1.35. The van der Waals surface area contributed by atoms with Gasteiger partial charge in [-0.3, -0.25) is 0 Å². The van der Waals surface area contributed by atoms with Crippen molar-refractivity contribution in [1.29, 1.82) is 0 Å². The van der Waals surface area contributed by atoms with Gasteiger partial charge in [0.05, 0.1) is 29.3 Å². The Balaban J connectivity index is 1.89. The highest BCUT2D eigenvalue weighted by Crippen LogP contribution is 2.38. The van der Waals surface area contributed by atoms with Crippen molar-refractivity contribution in [3.8, 4) is 0 Å². The summed E-state index contributed by atoms with van der Waals surface area (Å²) in [6.07, 6.45) is 0. The summed E-state index contributed by atoms with van der Waals surface area (Å²) < 4.78 is 6.03. The lowest BCUT2D eigenvalue weighted by Crippen LogP contribution is -2.42. The first-order chi connectivity index (χ1) is 12.7. The van der Waals surface area contributed by atoms with E-state index in [1.807, 2.05) is 54.6 Å². The molecular formula is C19H15N3O2S2. The number of rotatable bonds is 3. The van der Waals surface area contributed by atoms with Crippen LogP contribution in [0.5, 0.6) is 0 Å². The number of carbonyl (C=O) groups is 1. The van der Waals surface area contributed by atoms with E-state index in [4.69, 9.17) is 21.9 Å². The van der Waals surface area contributed by atoms with Gasteiger partial charge in [-0.15, -0.1) is 11.3 Å². The van der Waals surface area contributed by atoms with Gasteiger partial charge in [0, 0.05) is 0 Å². The summed E-state index contributed by atoms with van der Waals surface area (Å²) >= 11 is 6.82. The summed E-state index contributed by atoms with van der Waals surface area (Å²) in [5.41, 5.74) is 2.19. The fraction of sp³-hybridized carbons (Fsp3) is 0.158. The molecule has 3 aromatic rings. The van der Waals surface area contributed by atoms with E-state index in [0.29, 0.717) is 0 Å². The van der Waals surface area contributed by atoms with Crippen molar-refractivity contribution in [2.75, 3.05) is 7.11 Å². The van der Waals surface area contributed by atoms with Gasteiger partial charge in [0.25, 0.3) is 0 Å². The Bertz CT molecular complexity index is 981. The van der Waals surface area contributed by atoms with E-state index < -0.39 is 5.97 Å². The molecule has 0 spiro atoms. The van der Waals surface area contributed by atoms with E-state index in [0.717, 1.165) is 20.8 Å². The number of nitrogens with one attached hydrogen (secondary N) is 1. The van der Waals surface area contributed by atoms with Crippen LogP contribution in [0.15, 0.2) is 59.6 Å². The van der Waals surface area contributed by atoms with Crippen LogP contribution < -0.4 is 5.32 Å². The number of carbonyl (C=O) groups excluding carboxylic acids is 1. The third-order valence-corrected chi connectivity index (χ3v) is 5.59. The highest BCUT2D eigenvalue weighted by atomic mass is 32.1. The fourth-order valence-corrected chi connectivity index (χ4v) is 4.42. The van der Waals surface area contributed by atoms with Gasteiger partial charge in [-0.1, -0.05) is 42.5 Å². The average molecular weight is 381 g/mol. The maximum atomic E-state index is 12.4. The van der Waals surface area contributed by atoms with Gasteiger partial charge >= 0.3 is 5.97 Å². The molecule has 1 aliphatic heterocycles. The molecule has 0 aliphatic carbocycles. The van der Waals surface area contributed by atoms with Crippen molar-refractivity contribution in [2.24, 2.45) is 4.99 Å². The molecule has 2 heterocycles. The van der Waals surface area contributed by atoms with Crippen molar-refractivity contribution in [2.45, 2.75) is 12.0 Å². The number of nitrogens with zero attached hydrogens (tertiary/aromatic N) is 2. The van der Waals surface area contributed by atoms with Gasteiger partial charge in [-0.2, -0.15) is 0 Å². The Labute approximate surface area is 159 Å². The van der Waals surface area contributed by atoms with Crippen LogP contribution in [0.25, 0.3) is 10.2 Å². The number of esters is 1. The molecule has 1 aliphatic rings. The van der Waals surface area contributed by atoms with Crippen LogP contribution in [-0.2, 0) is 9.53 Å². The minimum Gasteiger partial charge on any atom is -0.465 e. The minimum absolute atomic E-state index is 0.240. The molecule has 26 heavy (non-hydrogen) atoms. The number of benzene rings is 2. The maximum absolute atomic E-state index is 12.4. The summed E-state index contributed by atoms with van der Waals surface area (Å²) in [5, 5.41) is 4.32. The van der Waals surface area contributed by atoms with Gasteiger partial charge in [0.15, 0.2) is 5.11 Å². The van der Waals surface area contributed by atoms with Gasteiger partial charge in [0.1, 0.15) is 10.7 Å². The van der Waals surface area contributed by atoms with Crippen molar-refractivity contribution >= 4 is 50.6 Å². The molecule has 0 fully saturated rings. The third kappa shape index (κ3) is 3.00. The van der Waals surface area contributed by atoms with E-state index in [9.17, 15) is 4.79 Å². The summed E-state index contributed by atoms with van der Waals surface area (Å²) in [6.45, 7) is 0. The zero-order chi connectivity index (χ0) is 18.1. The Morgan fingerprint density at radius 1 is 1.15 bits per heavy atom. The van der Waals surface area contributed by atoms with Crippen LogP contribution >= 0.6 is 23.6 Å². The molecular weight excluding hydrogens is 366 g/mol. The number of aliphatic imine (C=N–C) groups is 1. The van der Waals surface area contributed by atoms with E-state index in [1.165, 1.54) is 7.11 Å². The molecule has 130 valence electrons. The number of hydrogen-bond acceptors (Lipinski definition) is 5. The Kier molecular flexibility index (Phi) is 4.48. The second kappa shape index (κ2) is 6.93. The molecule has 0 unspecified atom stereocenters. The van der Waals surface area contributed by atoms with E-state index in [-0.39, 0.29) is 22.8 Å². The number of methoxy groups -OCH3 is 1. The first kappa shape index (κ1) is 16.8. The highest BCUT2D eigenvalue weighted by Gasteiger charge is 2.39. The largest absolute Gasteiger partial charge is 0.465 e. The van der Waals surface area contributed by atoms with Gasteiger partial charge in [-0.25, -0.2) is 14.8 Å². The second-order valence-corrected chi connectivity index (χ2v) is 7.27. The minimum atomic E-state index is -0.487. The van der Waals surface area contributed by atoms with E-state index in [1.54, 1.807) is 11.3 Å². The molecule has 0 saturated carbocycles. The predicted molar refractivity (Wildman–Crippen MR) is 107 cm³/mol. The smallest absolute Gasteiger partial charge is 0.353 e. The molecule has 0 bridgehead atoms. The highest BCUT2D eigenvalue weighted by molar-refractivity contribution is 7.80. The SMILES string of the molecule is COC(=O)C1=NC(=S)N[C@H](c2ccccc2)[C@@H]1c1nc2ccccc2s1. The monoisotopic (exact) mass is 381 g/mol. The molecule has 2 atom stereocenters. The number of hydrogen-bond donors (Lipinski definition) is 1. The standard InChI is InChI=1S/C19H15N3O2S2/c1-24-18(23)16-14(17-20-12-9-5-6-10-13(12)26-17)15(21-19(25)22-16)11-7-3-2-4-8-11/h2-10,14-15H,1H3,(H,21,25)/t14-,15+/m0/s1. The van der Waals surface area contributed by atoms with Gasteiger partial charge < -0.3 is 10.1 Å². The number of fused-ring (bicyclic) bond motifs is 1. The van der Waals surface area contributed by atoms with Crippen LogP contribution in [0.3, 0.4) is 0 Å². The van der Waals surface area contributed by atoms with Crippen molar-refractivity contribution in [3.05, 3.63) is 65.2 Å². The summed E-state index contributed by atoms with van der Waals surface area (Å²) in [4.78, 5) is 21.5. The molecule has 0 radical (unpaired) electrons. The number of thiocarbonyl (C=S) groups is 1. The molecule has 5 nitrogen and oxygen atoms in total. The van der Waals surface area contributed by atoms with Crippen LogP contribution in [0.2, 0.25) is 0 Å². The topological polar surface area (TPSA) is 63.6 Å². The molecule has 0 saturated heterocycles. The van der Waals surface area contributed by atoms with Gasteiger partial charge in [-0.05, 0) is 29.9 Å². The molecule has 7 heteroatoms. The third-order valence-electron chi connectivity index (χ3n) is 4.26. The molecule has 2 aromatic carbocycles. The molecule has 0 amide bonds. The first-order valence-electron chi connectivity index (χ1n) is 8.05. The van der Waals surface area contributed by atoms with Crippen LogP contribution in [-0.4, -0.2) is 28.9 Å². The fourth-order valence-electron chi connectivity index (χ4n) is 3.08. The van der Waals surface area contributed by atoms with Crippen LogP contribution in [0.1, 0.15) is 22.5 Å². The first-order valence-corrected chi connectivity index (χ1v) is 9.27. The molecule has 1 N–H and O–H groups in total. The Hall–Kier alpha value is -2.64. The Morgan fingerprint density at radius 2 is 1.88 bits per heavy atom. The zero-order valence-corrected chi connectivity index (χ0v) is 15.5. The van der Waals surface area contributed by atoms with Crippen LogP contribution in [0.4, 0.5) is 0 Å². The number of thiazole rings is 1. The van der Waals surface area contributed by atoms with Gasteiger partial charge in [0.2, 0.25) is 0 Å². The normalized spacial score (nSPS) is 19.7. The predicted octanol–water partition coefficient (Wildman–Crippen LogP) is 3.62. The maximum Gasteiger partial charge on any atom is 0.353 e. The van der Waals surface area contributed by atoms with Crippen molar-refractivity contribution < 1.29 is 9.53 Å². The van der Waals surface area contributed by atoms with E-state index in [2.05, 4.69) is 10.3 Å². The zero-order valence-electron chi connectivity index (χ0n) is 13.9. The van der Waals surface area contributed by atoms with Crippen LogP contribution in [0, 0.1) is 0 Å². The lowest BCUT2D eigenvalue weighted by molar-refractivity contribution is -0.133.